The molecular formula is C16H10O7. The molecule has 1 aromatic rings. The Bertz CT molecular complexity index is 784. The summed E-state index contributed by atoms with van der Waals surface area (Å²) in [5.74, 6) is -5.51. The first-order valence-electron chi connectivity index (χ1n) is 6.60. The molecule has 0 bridgehead atoms. The van der Waals surface area contributed by atoms with E-state index in [0.29, 0.717) is 11.1 Å². The largest absolute Gasteiger partial charge is 0.481 e. The van der Waals surface area contributed by atoms with Gasteiger partial charge in [0.25, 0.3) is 0 Å². The molecule has 1 atom stereocenters. The number of allylic oxidation sites excluding steroid dienone is 2. The second-order valence-electron chi connectivity index (χ2n) is 5.20. The average Bonchev–Trinajstić information content (AvgIpc) is 2.54. The van der Waals surface area contributed by atoms with Crippen LogP contribution in [0.25, 0.3) is 5.57 Å². The van der Waals surface area contributed by atoms with Crippen LogP contribution in [0.2, 0.25) is 0 Å². The van der Waals surface area contributed by atoms with Gasteiger partial charge in [-0.25, -0.2) is 14.4 Å². The number of carbonyl (C=O) groups excluding carboxylic acids is 2. The maximum atomic E-state index is 11.8. The molecule has 2 aliphatic rings. The number of hydrogen-bond acceptors (Lipinski definition) is 5. The minimum absolute atomic E-state index is 0.0893. The van der Waals surface area contributed by atoms with Crippen molar-refractivity contribution in [2.45, 2.75) is 0 Å². The van der Waals surface area contributed by atoms with E-state index in [1.54, 1.807) is 0 Å². The molecule has 116 valence electrons. The van der Waals surface area contributed by atoms with E-state index in [9.17, 15) is 24.3 Å². The van der Waals surface area contributed by atoms with Crippen molar-refractivity contribution in [3.63, 3.8) is 0 Å². The molecule has 1 aliphatic heterocycles. The van der Waals surface area contributed by atoms with Crippen LogP contribution < -0.4 is 0 Å². The van der Waals surface area contributed by atoms with Gasteiger partial charge in [0.1, 0.15) is 5.92 Å². The lowest BCUT2D eigenvalue weighted by Gasteiger charge is -2.38. The molecule has 1 unspecified atom stereocenters. The van der Waals surface area contributed by atoms with Crippen LogP contribution in [0, 0.1) is 11.3 Å². The van der Waals surface area contributed by atoms with E-state index in [2.05, 4.69) is 4.74 Å². The molecule has 1 spiro atoms. The van der Waals surface area contributed by atoms with Crippen molar-refractivity contribution < 1.29 is 34.1 Å². The smallest absolute Gasteiger partial charge is 0.336 e. The Balaban J connectivity index is 2.04. The molecule has 1 heterocycles. The van der Waals surface area contributed by atoms with Gasteiger partial charge in [-0.1, -0.05) is 24.3 Å². The highest BCUT2D eigenvalue weighted by Gasteiger charge is 2.64. The van der Waals surface area contributed by atoms with Crippen LogP contribution in [0.1, 0.15) is 15.9 Å². The first-order valence-corrected chi connectivity index (χ1v) is 6.60. The molecule has 1 fully saturated rings. The van der Waals surface area contributed by atoms with Gasteiger partial charge in [-0.2, -0.15) is 0 Å². The lowest BCUT2D eigenvalue weighted by molar-refractivity contribution is -0.197. The molecule has 0 aromatic heterocycles. The molecule has 1 aromatic carbocycles. The summed E-state index contributed by atoms with van der Waals surface area (Å²) in [5, 5.41) is 18.1. The second-order valence-corrected chi connectivity index (χ2v) is 5.20. The van der Waals surface area contributed by atoms with Crippen molar-refractivity contribution >= 4 is 29.5 Å². The van der Waals surface area contributed by atoms with Crippen LogP contribution in [-0.2, 0) is 19.1 Å². The number of carboxylic acids is 2. The summed E-state index contributed by atoms with van der Waals surface area (Å²) in [7, 11) is 0. The summed E-state index contributed by atoms with van der Waals surface area (Å²) in [6.07, 6.45) is 4.02. The van der Waals surface area contributed by atoms with Gasteiger partial charge in [-0.3, -0.25) is 4.79 Å². The minimum atomic E-state index is -1.85. The first-order chi connectivity index (χ1) is 10.9. The molecule has 2 N–H and O–H groups in total. The minimum Gasteiger partial charge on any atom is -0.481 e. The standard InChI is InChI=1S/C16H10O7/c17-12(18)9-3-1-8(2-4-9)10-5-6-11(13(19)20)16(7-10)14(21)23-15(16)22/h1-7,11H,(H,17,18)(H,19,20). The number of esters is 2. The molecule has 1 saturated heterocycles. The monoisotopic (exact) mass is 314 g/mol. The Labute approximate surface area is 129 Å². The second kappa shape index (κ2) is 4.91. The van der Waals surface area contributed by atoms with Gasteiger partial charge in [0, 0.05) is 0 Å². The van der Waals surface area contributed by atoms with E-state index < -0.39 is 35.2 Å². The van der Waals surface area contributed by atoms with E-state index in [4.69, 9.17) is 5.11 Å². The normalized spacial score (nSPS) is 21.4. The fraction of sp³-hybridized carbons (Fsp3) is 0.125. The number of rotatable bonds is 3. The number of carbonyl (C=O) groups is 4. The summed E-state index contributed by atoms with van der Waals surface area (Å²) < 4.78 is 4.35. The van der Waals surface area contributed by atoms with Crippen LogP contribution in [0.5, 0.6) is 0 Å². The topological polar surface area (TPSA) is 118 Å². The fourth-order valence-electron chi connectivity index (χ4n) is 2.66. The third-order valence-electron chi connectivity index (χ3n) is 3.93. The quantitative estimate of drug-likeness (QED) is 0.633. The summed E-state index contributed by atoms with van der Waals surface area (Å²) in [6.45, 7) is 0. The Morgan fingerprint density at radius 2 is 1.65 bits per heavy atom. The zero-order valence-electron chi connectivity index (χ0n) is 11.6. The average molecular weight is 314 g/mol. The summed E-state index contributed by atoms with van der Waals surface area (Å²) in [4.78, 5) is 45.7. The van der Waals surface area contributed by atoms with Gasteiger partial charge in [-0.05, 0) is 29.3 Å². The van der Waals surface area contributed by atoms with Crippen LogP contribution >= 0.6 is 0 Å². The highest BCUT2D eigenvalue weighted by molar-refractivity contribution is 6.19. The van der Waals surface area contributed by atoms with Crippen molar-refractivity contribution in [2.24, 2.45) is 11.3 Å². The first kappa shape index (κ1) is 14.7. The molecule has 0 radical (unpaired) electrons. The Kier molecular flexibility index (Phi) is 3.14. The van der Waals surface area contributed by atoms with E-state index >= 15 is 0 Å². The highest BCUT2D eigenvalue weighted by Crippen LogP contribution is 2.46. The van der Waals surface area contributed by atoms with Crippen LogP contribution in [-0.4, -0.2) is 34.1 Å². The van der Waals surface area contributed by atoms with Crippen molar-refractivity contribution in [1.29, 1.82) is 0 Å². The Morgan fingerprint density at radius 3 is 2.13 bits per heavy atom. The third kappa shape index (κ3) is 2.05. The number of aliphatic carboxylic acids is 1. The number of cyclic esters (lactones) is 2. The van der Waals surface area contributed by atoms with Crippen LogP contribution in [0.4, 0.5) is 0 Å². The van der Waals surface area contributed by atoms with Gasteiger partial charge in [0.15, 0.2) is 0 Å². The number of aromatic carboxylic acids is 1. The van der Waals surface area contributed by atoms with Gasteiger partial charge >= 0.3 is 23.9 Å². The van der Waals surface area contributed by atoms with Crippen molar-refractivity contribution in [3.8, 4) is 0 Å². The molecule has 7 nitrogen and oxygen atoms in total. The Hall–Kier alpha value is -3.22. The van der Waals surface area contributed by atoms with E-state index in [1.165, 1.54) is 42.5 Å². The lowest BCUT2D eigenvalue weighted by Crippen LogP contribution is -2.58. The maximum Gasteiger partial charge on any atom is 0.336 e. The van der Waals surface area contributed by atoms with Crippen molar-refractivity contribution in [1.82, 2.24) is 0 Å². The highest BCUT2D eigenvalue weighted by atomic mass is 16.6. The van der Waals surface area contributed by atoms with E-state index in [1.807, 2.05) is 0 Å². The predicted octanol–water partition coefficient (Wildman–Crippen LogP) is 1.11. The summed E-state index contributed by atoms with van der Waals surface area (Å²) in [6, 6.07) is 5.79. The molecular weight excluding hydrogens is 304 g/mol. The Morgan fingerprint density at radius 1 is 1.04 bits per heavy atom. The SMILES string of the molecule is O=C(O)c1ccc(C2=CC3(C(=O)OC3=O)C(C(=O)O)C=C2)cc1. The number of carboxylic acid groups (broad SMARTS) is 2. The van der Waals surface area contributed by atoms with Gasteiger partial charge in [0.05, 0.1) is 5.56 Å². The lowest BCUT2D eigenvalue weighted by atomic mass is 9.68. The molecule has 1 aliphatic carbocycles. The number of benzene rings is 1. The summed E-state index contributed by atoms with van der Waals surface area (Å²) >= 11 is 0. The third-order valence-corrected chi connectivity index (χ3v) is 3.93. The maximum absolute atomic E-state index is 11.8. The van der Waals surface area contributed by atoms with Gasteiger partial charge in [0.2, 0.25) is 5.41 Å². The van der Waals surface area contributed by atoms with Crippen molar-refractivity contribution in [2.75, 3.05) is 0 Å². The molecule has 7 heteroatoms. The van der Waals surface area contributed by atoms with Crippen LogP contribution in [0.3, 0.4) is 0 Å². The molecule has 0 saturated carbocycles. The van der Waals surface area contributed by atoms with Crippen molar-refractivity contribution in [3.05, 3.63) is 53.6 Å². The zero-order chi connectivity index (χ0) is 16.8. The fourth-order valence-corrected chi connectivity index (χ4v) is 2.66. The van der Waals surface area contributed by atoms with E-state index in [-0.39, 0.29) is 5.56 Å². The van der Waals surface area contributed by atoms with E-state index in [0.717, 1.165) is 0 Å². The number of ether oxygens (including phenoxy) is 1. The molecule has 23 heavy (non-hydrogen) atoms. The zero-order valence-corrected chi connectivity index (χ0v) is 11.6. The van der Waals surface area contributed by atoms with Gasteiger partial charge < -0.3 is 14.9 Å². The van der Waals surface area contributed by atoms with Gasteiger partial charge in [-0.15, -0.1) is 0 Å². The summed E-state index contributed by atoms with van der Waals surface area (Å²) in [5.41, 5.74) is -0.751. The van der Waals surface area contributed by atoms with Crippen LogP contribution in [0.15, 0.2) is 42.5 Å². The predicted molar refractivity (Wildman–Crippen MR) is 75.2 cm³/mol. The molecule has 0 amide bonds. The molecule has 3 rings (SSSR count). The number of hydrogen-bond donors (Lipinski definition) is 2.